The number of aliphatic carboxylic acids is 1. The average molecular weight is 272 g/mol. The Bertz CT molecular complexity index is 354. The van der Waals surface area contributed by atoms with Crippen molar-refractivity contribution in [2.75, 3.05) is 26.3 Å². The van der Waals surface area contributed by atoms with Crippen LogP contribution in [-0.2, 0) is 9.53 Å². The second-order valence-electron chi connectivity index (χ2n) is 5.17. The Morgan fingerprint density at radius 2 is 2.00 bits per heavy atom. The Balaban J connectivity index is 2.00. The highest BCUT2D eigenvalue weighted by atomic mass is 16.5. The minimum absolute atomic E-state index is 0.262. The highest BCUT2D eigenvalue weighted by Gasteiger charge is 2.42. The first-order valence-corrected chi connectivity index (χ1v) is 6.60. The topological polar surface area (TPSA) is 99.1 Å². The molecule has 0 aromatic rings. The molecule has 0 bridgehead atoms. The maximum Gasteiger partial charge on any atom is 0.329 e. The monoisotopic (exact) mass is 272 g/mol. The van der Waals surface area contributed by atoms with Crippen LogP contribution in [-0.4, -0.2) is 65.1 Å². The lowest BCUT2D eigenvalue weighted by Crippen LogP contribution is -2.61. The predicted molar refractivity (Wildman–Crippen MR) is 65.8 cm³/mol. The number of aliphatic hydroxyl groups is 1. The van der Waals surface area contributed by atoms with E-state index in [1.807, 2.05) is 0 Å². The average Bonchev–Trinajstić information content (AvgIpc) is 2.39. The summed E-state index contributed by atoms with van der Waals surface area (Å²) >= 11 is 0. The summed E-state index contributed by atoms with van der Waals surface area (Å²) in [6.45, 7) is 1.47. The van der Waals surface area contributed by atoms with Gasteiger partial charge in [0.15, 0.2) is 0 Å². The van der Waals surface area contributed by atoms with Gasteiger partial charge in [0.1, 0.15) is 5.54 Å². The van der Waals surface area contributed by atoms with E-state index in [1.54, 1.807) is 0 Å². The lowest BCUT2D eigenvalue weighted by Gasteiger charge is -2.37. The standard InChI is InChI=1S/C12H20N2O5/c15-9-2-1-5-14(8-9)11(18)13-12(10(16)17)3-6-19-7-4-12/h9,15H,1-8H2,(H,13,18)(H,16,17). The number of β-amino-alcohol motifs (C(OH)–C–C–N with tert-alkyl or cyclic N) is 1. The molecule has 19 heavy (non-hydrogen) atoms. The molecular weight excluding hydrogens is 252 g/mol. The highest BCUT2D eigenvalue weighted by Crippen LogP contribution is 2.22. The summed E-state index contributed by atoms with van der Waals surface area (Å²) in [5, 5.41) is 21.5. The molecule has 0 aliphatic carbocycles. The lowest BCUT2D eigenvalue weighted by molar-refractivity contribution is -0.148. The second kappa shape index (κ2) is 5.75. The second-order valence-corrected chi connectivity index (χ2v) is 5.17. The molecule has 1 atom stereocenters. The molecule has 2 rings (SSSR count). The number of amides is 2. The summed E-state index contributed by atoms with van der Waals surface area (Å²) in [7, 11) is 0. The molecule has 2 heterocycles. The van der Waals surface area contributed by atoms with Gasteiger partial charge < -0.3 is 25.2 Å². The summed E-state index contributed by atoms with van der Waals surface area (Å²) in [6, 6.07) is -0.414. The number of urea groups is 1. The normalized spacial score (nSPS) is 26.8. The van der Waals surface area contributed by atoms with Crippen LogP contribution >= 0.6 is 0 Å². The quantitative estimate of drug-likeness (QED) is 0.646. The molecule has 3 N–H and O–H groups in total. The number of carboxylic acid groups (broad SMARTS) is 1. The molecule has 2 amide bonds. The lowest BCUT2D eigenvalue weighted by atomic mass is 9.90. The number of carbonyl (C=O) groups is 2. The Morgan fingerprint density at radius 1 is 1.32 bits per heavy atom. The third-order valence-corrected chi connectivity index (χ3v) is 3.79. The number of aliphatic hydroxyl groups excluding tert-OH is 1. The van der Waals surface area contributed by atoms with Crippen LogP contribution in [0.25, 0.3) is 0 Å². The van der Waals surface area contributed by atoms with E-state index < -0.39 is 23.6 Å². The smallest absolute Gasteiger partial charge is 0.329 e. The van der Waals surface area contributed by atoms with Crippen LogP contribution in [0.5, 0.6) is 0 Å². The molecule has 108 valence electrons. The predicted octanol–water partition coefficient (Wildman–Crippen LogP) is -0.213. The van der Waals surface area contributed by atoms with Crippen LogP contribution < -0.4 is 5.32 Å². The zero-order chi connectivity index (χ0) is 13.9. The zero-order valence-corrected chi connectivity index (χ0v) is 10.8. The minimum Gasteiger partial charge on any atom is -0.480 e. The van der Waals surface area contributed by atoms with Crippen molar-refractivity contribution in [3.8, 4) is 0 Å². The molecular formula is C12H20N2O5. The number of carboxylic acids is 1. The van der Waals surface area contributed by atoms with Crippen molar-refractivity contribution in [1.29, 1.82) is 0 Å². The molecule has 7 heteroatoms. The number of rotatable bonds is 2. The minimum atomic E-state index is -1.24. The van der Waals surface area contributed by atoms with Crippen molar-refractivity contribution in [3.63, 3.8) is 0 Å². The van der Waals surface area contributed by atoms with Gasteiger partial charge in [-0.15, -0.1) is 0 Å². The van der Waals surface area contributed by atoms with E-state index in [9.17, 15) is 19.8 Å². The van der Waals surface area contributed by atoms with Crippen molar-refractivity contribution in [3.05, 3.63) is 0 Å². The zero-order valence-electron chi connectivity index (χ0n) is 10.8. The number of carbonyl (C=O) groups excluding carboxylic acids is 1. The van der Waals surface area contributed by atoms with Crippen LogP contribution in [0.15, 0.2) is 0 Å². The summed E-state index contributed by atoms with van der Waals surface area (Å²) in [5.41, 5.74) is -1.24. The van der Waals surface area contributed by atoms with Gasteiger partial charge >= 0.3 is 12.0 Å². The van der Waals surface area contributed by atoms with Gasteiger partial charge in [0.05, 0.1) is 6.10 Å². The third kappa shape index (κ3) is 3.16. The van der Waals surface area contributed by atoms with E-state index in [0.29, 0.717) is 26.2 Å². The van der Waals surface area contributed by atoms with Gasteiger partial charge in [-0.25, -0.2) is 9.59 Å². The van der Waals surface area contributed by atoms with E-state index in [0.717, 1.165) is 6.42 Å². The Kier molecular flexibility index (Phi) is 4.26. The Hall–Kier alpha value is -1.34. The van der Waals surface area contributed by atoms with Crippen LogP contribution in [0, 0.1) is 0 Å². The third-order valence-electron chi connectivity index (χ3n) is 3.79. The maximum absolute atomic E-state index is 12.1. The van der Waals surface area contributed by atoms with Gasteiger partial charge in [-0.2, -0.15) is 0 Å². The molecule has 1 unspecified atom stereocenters. The maximum atomic E-state index is 12.1. The van der Waals surface area contributed by atoms with Gasteiger partial charge in [0.2, 0.25) is 0 Å². The number of nitrogens with one attached hydrogen (secondary N) is 1. The number of piperidine rings is 1. The molecule has 0 spiro atoms. The van der Waals surface area contributed by atoms with Gasteiger partial charge in [0, 0.05) is 39.1 Å². The first kappa shape index (κ1) is 14.1. The highest BCUT2D eigenvalue weighted by molar-refractivity contribution is 5.86. The van der Waals surface area contributed by atoms with Crippen LogP contribution in [0.3, 0.4) is 0 Å². The van der Waals surface area contributed by atoms with Crippen molar-refractivity contribution in [1.82, 2.24) is 10.2 Å². The van der Waals surface area contributed by atoms with E-state index in [1.165, 1.54) is 4.90 Å². The summed E-state index contributed by atoms with van der Waals surface area (Å²) in [4.78, 5) is 25.0. The molecule has 2 fully saturated rings. The summed E-state index contributed by atoms with van der Waals surface area (Å²) in [5.74, 6) is -1.03. The van der Waals surface area contributed by atoms with E-state index in [-0.39, 0.29) is 19.4 Å². The molecule has 2 aliphatic rings. The first-order chi connectivity index (χ1) is 9.03. The van der Waals surface area contributed by atoms with Crippen molar-refractivity contribution in [2.24, 2.45) is 0 Å². The van der Waals surface area contributed by atoms with E-state index in [4.69, 9.17) is 4.74 Å². The van der Waals surface area contributed by atoms with Gasteiger partial charge in [-0.1, -0.05) is 0 Å². The van der Waals surface area contributed by atoms with Crippen LogP contribution in [0.4, 0.5) is 4.79 Å². The van der Waals surface area contributed by atoms with Gasteiger partial charge in [-0.3, -0.25) is 0 Å². The summed E-state index contributed by atoms with van der Waals surface area (Å²) < 4.78 is 5.15. The summed E-state index contributed by atoms with van der Waals surface area (Å²) in [6.07, 6.45) is 1.43. The molecule has 0 aromatic carbocycles. The number of nitrogens with zero attached hydrogens (tertiary/aromatic N) is 1. The fraction of sp³-hybridized carbons (Fsp3) is 0.833. The van der Waals surface area contributed by atoms with Crippen molar-refractivity contribution < 1.29 is 24.5 Å². The molecule has 0 aromatic heterocycles. The SMILES string of the molecule is O=C(NC1(C(=O)O)CCOCC1)N1CCCC(O)C1. The van der Waals surface area contributed by atoms with E-state index >= 15 is 0 Å². The molecule has 0 radical (unpaired) electrons. The number of hydrogen-bond donors (Lipinski definition) is 3. The fourth-order valence-electron chi connectivity index (χ4n) is 2.54. The fourth-order valence-corrected chi connectivity index (χ4v) is 2.54. The van der Waals surface area contributed by atoms with Crippen molar-refractivity contribution in [2.45, 2.75) is 37.3 Å². The number of ether oxygens (including phenoxy) is 1. The van der Waals surface area contributed by atoms with Gasteiger partial charge in [0.25, 0.3) is 0 Å². The Labute approximate surface area is 111 Å². The van der Waals surface area contributed by atoms with Crippen LogP contribution in [0.2, 0.25) is 0 Å². The number of likely N-dealkylation sites (tertiary alicyclic amines) is 1. The first-order valence-electron chi connectivity index (χ1n) is 6.60. The van der Waals surface area contributed by atoms with Crippen LogP contribution in [0.1, 0.15) is 25.7 Å². The molecule has 0 saturated carbocycles. The molecule has 2 aliphatic heterocycles. The van der Waals surface area contributed by atoms with Crippen molar-refractivity contribution >= 4 is 12.0 Å². The Morgan fingerprint density at radius 3 is 2.58 bits per heavy atom. The molecule has 7 nitrogen and oxygen atoms in total. The van der Waals surface area contributed by atoms with Gasteiger partial charge in [-0.05, 0) is 12.8 Å². The largest absolute Gasteiger partial charge is 0.480 e. The molecule has 2 saturated heterocycles. The number of hydrogen-bond acceptors (Lipinski definition) is 4. The van der Waals surface area contributed by atoms with E-state index in [2.05, 4.69) is 5.32 Å².